The maximum Gasteiger partial charge on any atom is 0.204 e. The first kappa shape index (κ1) is 13.0. The molecule has 2 atom stereocenters. The molecule has 0 spiro atoms. The van der Waals surface area contributed by atoms with E-state index in [2.05, 4.69) is 25.6 Å². The molecule has 2 saturated carbocycles. The van der Waals surface area contributed by atoms with Gasteiger partial charge in [-0.05, 0) is 38.0 Å². The van der Waals surface area contributed by atoms with Gasteiger partial charge in [0.1, 0.15) is 0 Å². The molecule has 0 bridgehead atoms. The Morgan fingerprint density at radius 2 is 2.35 bits per heavy atom. The predicted molar refractivity (Wildman–Crippen MR) is 75.9 cm³/mol. The van der Waals surface area contributed by atoms with E-state index in [1.165, 1.54) is 31.4 Å². The van der Waals surface area contributed by atoms with Gasteiger partial charge in [-0.2, -0.15) is 5.26 Å². The van der Waals surface area contributed by atoms with Crippen LogP contribution in [-0.4, -0.2) is 28.5 Å². The molecule has 106 valence electrons. The van der Waals surface area contributed by atoms with Crippen LogP contribution < -0.4 is 10.6 Å². The Labute approximate surface area is 118 Å². The van der Waals surface area contributed by atoms with Crippen LogP contribution in [-0.2, 0) is 0 Å². The number of nitriles is 1. The van der Waals surface area contributed by atoms with Crippen molar-refractivity contribution in [3.05, 3.63) is 18.2 Å². The van der Waals surface area contributed by atoms with Crippen molar-refractivity contribution >= 4 is 5.96 Å². The van der Waals surface area contributed by atoms with Crippen molar-refractivity contribution in [2.75, 3.05) is 6.54 Å². The zero-order valence-corrected chi connectivity index (χ0v) is 11.5. The second-order valence-electron chi connectivity index (χ2n) is 5.73. The number of aromatic amines is 1. The summed E-state index contributed by atoms with van der Waals surface area (Å²) in [5, 5.41) is 14.6. The Kier molecular flexibility index (Phi) is 3.86. The van der Waals surface area contributed by atoms with Crippen LogP contribution in [0.15, 0.2) is 17.5 Å². The molecule has 3 N–H and O–H groups in total. The van der Waals surface area contributed by atoms with Gasteiger partial charge in [0.15, 0.2) is 6.19 Å². The van der Waals surface area contributed by atoms with E-state index in [0.717, 1.165) is 13.0 Å². The summed E-state index contributed by atoms with van der Waals surface area (Å²) in [6.45, 7) is 0.786. The number of guanidine groups is 1. The molecular weight excluding hydrogens is 252 g/mol. The predicted octanol–water partition coefficient (Wildman–Crippen LogP) is 1.47. The minimum Gasteiger partial charge on any atom is -0.353 e. The molecule has 0 amide bonds. The second-order valence-corrected chi connectivity index (χ2v) is 5.73. The van der Waals surface area contributed by atoms with Crippen LogP contribution >= 0.6 is 0 Å². The molecule has 0 aliphatic heterocycles. The number of aromatic nitrogens is 2. The molecule has 0 radical (unpaired) electrons. The molecular formula is C14H20N6. The van der Waals surface area contributed by atoms with E-state index in [9.17, 15) is 0 Å². The fourth-order valence-corrected chi connectivity index (χ4v) is 2.83. The molecule has 20 heavy (non-hydrogen) atoms. The van der Waals surface area contributed by atoms with Crippen LogP contribution in [0.5, 0.6) is 0 Å². The highest BCUT2D eigenvalue weighted by Gasteiger charge is 2.27. The Morgan fingerprint density at radius 3 is 3.05 bits per heavy atom. The average molecular weight is 272 g/mol. The molecule has 1 aromatic heterocycles. The fourth-order valence-electron chi connectivity index (χ4n) is 2.83. The number of aliphatic imine (C=N–C) groups is 1. The summed E-state index contributed by atoms with van der Waals surface area (Å²) in [6, 6.07) is 0.510. The van der Waals surface area contributed by atoms with Crippen molar-refractivity contribution in [1.82, 2.24) is 20.6 Å². The van der Waals surface area contributed by atoms with Crippen LogP contribution in [0.3, 0.4) is 0 Å². The first-order chi connectivity index (χ1) is 9.85. The van der Waals surface area contributed by atoms with E-state index in [-0.39, 0.29) is 0 Å². The standard InChI is InChI=1S/C14H20N6/c15-8-18-14(20-12-3-4-12)17-6-10-1-2-11(5-10)13-7-16-9-19-13/h7,9-12H,1-6H2,(H,16,19)(H2,17,18,20)/t10-,11+/m1/s1. The molecule has 2 aliphatic rings. The topological polar surface area (TPSA) is 88.9 Å². The number of hydrogen-bond acceptors (Lipinski definition) is 3. The van der Waals surface area contributed by atoms with E-state index in [1.54, 1.807) is 6.33 Å². The quantitative estimate of drug-likeness (QED) is 0.335. The molecule has 0 unspecified atom stereocenters. The van der Waals surface area contributed by atoms with Gasteiger partial charge in [-0.3, -0.25) is 10.3 Å². The molecule has 0 aromatic carbocycles. The third-order valence-electron chi connectivity index (χ3n) is 4.10. The van der Waals surface area contributed by atoms with Crippen molar-refractivity contribution in [2.45, 2.75) is 44.1 Å². The SMILES string of the molecule is N#CNC(=NC[C@@H]1CC[C@H](c2cnc[nH]2)C1)NC1CC1. The Morgan fingerprint density at radius 1 is 1.45 bits per heavy atom. The Hall–Kier alpha value is -2.03. The molecule has 0 saturated heterocycles. The lowest BCUT2D eigenvalue weighted by molar-refractivity contribution is 0.548. The third-order valence-corrected chi connectivity index (χ3v) is 4.10. The second kappa shape index (κ2) is 5.95. The van der Waals surface area contributed by atoms with E-state index in [1.807, 2.05) is 12.4 Å². The van der Waals surface area contributed by atoms with Gasteiger partial charge in [0.05, 0.1) is 6.33 Å². The van der Waals surface area contributed by atoms with Crippen LogP contribution in [0.4, 0.5) is 0 Å². The summed E-state index contributed by atoms with van der Waals surface area (Å²) in [4.78, 5) is 11.8. The van der Waals surface area contributed by atoms with Crippen molar-refractivity contribution in [3.63, 3.8) is 0 Å². The van der Waals surface area contributed by atoms with E-state index in [0.29, 0.717) is 23.8 Å². The summed E-state index contributed by atoms with van der Waals surface area (Å²) < 4.78 is 0. The highest BCUT2D eigenvalue weighted by Crippen LogP contribution is 2.37. The van der Waals surface area contributed by atoms with E-state index < -0.39 is 0 Å². The average Bonchev–Trinajstić information content (AvgIpc) is 2.96. The molecule has 6 nitrogen and oxygen atoms in total. The zero-order chi connectivity index (χ0) is 13.8. The summed E-state index contributed by atoms with van der Waals surface area (Å²) in [6.07, 6.45) is 11.5. The largest absolute Gasteiger partial charge is 0.353 e. The molecule has 6 heteroatoms. The molecule has 2 aliphatic carbocycles. The van der Waals surface area contributed by atoms with Gasteiger partial charge in [0, 0.05) is 30.4 Å². The van der Waals surface area contributed by atoms with Gasteiger partial charge in [0.2, 0.25) is 5.96 Å². The maximum atomic E-state index is 8.74. The first-order valence-corrected chi connectivity index (χ1v) is 7.29. The normalized spacial score (nSPS) is 26.2. The zero-order valence-electron chi connectivity index (χ0n) is 11.5. The third kappa shape index (κ3) is 3.29. The van der Waals surface area contributed by atoms with E-state index in [4.69, 9.17) is 5.26 Å². The highest BCUT2D eigenvalue weighted by atomic mass is 15.2. The van der Waals surface area contributed by atoms with Gasteiger partial charge >= 0.3 is 0 Å². The van der Waals surface area contributed by atoms with Gasteiger partial charge in [-0.1, -0.05) is 0 Å². The summed E-state index contributed by atoms with van der Waals surface area (Å²) in [7, 11) is 0. The maximum absolute atomic E-state index is 8.74. The van der Waals surface area contributed by atoms with Crippen molar-refractivity contribution in [3.8, 4) is 6.19 Å². The number of nitrogens with one attached hydrogen (secondary N) is 3. The van der Waals surface area contributed by atoms with Crippen LogP contribution in [0, 0.1) is 17.4 Å². The minimum atomic E-state index is 0.510. The lowest BCUT2D eigenvalue weighted by Gasteiger charge is -2.10. The highest BCUT2D eigenvalue weighted by molar-refractivity contribution is 5.81. The van der Waals surface area contributed by atoms with Gasteiger partial charge in [0.25, 0.3) is 0 Å². The summed E-state index contributed by atoms with van der Waals surface area (Å²) in [5.74, 6) is 1.82. The number of imidazole rings is 1. The Balaban J connectivity index is 1.51. The lowest BCUT2D eigenvalue weighted by atomic mass is 10.0. The van der Waals surface area contributed by atoms with Crippen LogP contribution in [0.25, 0.3) is 0 Å². The van der Waals surface area contributed by atoms with Crippen LogP contribution in [0.2, 0.25) is 0 Å². The lowest BCUT2D eigenvalue weighted by Crippen LogP contribution is -2.36. The van der Waals surface area contributed by atoms with Gasteiger partial charge < -0.3 is 10.3 Å². The van der Waals surface area contributed by atoms with Gasteiger partial charge in [-0.15, -0.1) is 0 Å². The number of nitrogens with zero attached hydrogens (tertiary/aromatic N) is 3. The summed E-state index contributed by atoms with van der Waals surface area (Å²) in [5.41, 5.74) is 1.24. The minimum absolute atomic E-state index is 0.510. The number of hydrogen-bond donors (Lipinski definition) is 3. The van der Waals surface area contributed by atoms with Crippen molar-refractivity contribution in [2.24, 2.45) is 10.9 Å². The van der Waals surface area contributed by atoms with Crippen molar-refractivity contribution < 1.29 is 0 Å². The smallest absolute Gasteiger partial charge is 0.204 e. The Bertz CT molecular complexity index is 496. The first-order valence-electron chi connectivity index (χ1n) is 7.29. The number of rotatable bonds is 4. The van der Waals surface area contributed by atoms with E-state index >= 15 is 0 Å². The molecule has 1 heterocycles. The van der Waals surface area contributed by atoms with Gasteiger partial charge in [-0.25, -0.2) is 4.98 Å². The van der Waals surface area contributed by atoms with Crippen molar-refractivity contribution in [1.29, 1.82) is 5.26 Å². The molecule has 1 aromatic rings. The molecule has 2 fully saturated rings. The van der Waals surface area contributed by atoms with Crippen LogP contribution in [0.1, 0.15) is 43.7 Å². The monoisotopic (exact) mass is 272 g/mol. The molecule has 3 rings (SSSR count). The number of H-pyrrole nitrogens is 1. The fraction of sp³-hybridized carbons (Fsp3) is 0.643. The summed E-state index contributed by atoms with van der Waals surface area (Å²) >= 11 is 0.